The van der Waals surface area contributed by atoms with Gasteiger partial charge < -0.3 is 14.4 Å². The molecule has 2 aromatic rings. The summed E-state index contributed by atoms with van der Waals surface area (Å²) in [5.74, 6) is -1.43. The van der Waals surface area contributed by atoms with Gasteiger partial charge in [0, 0.05) is 37.2 Å². The molecular formula is C13H14N2O4S. The van der Waals surface area contributed by atoms with Crippen LogP contribution in [0.2, 0.25) is 0 Å². The van der Waals surface area contributed by atoms with Gasteiger partial charge >= 0.3 is 5.97 Å². The molecule has 0 spiro atoms. The lowest BCUT2D eigenvalue weighted by Gasteiger charge is -2.14. The zero-order valence-corrected chi connectivity index (χ0v) is 11.9. The highest BCUT2D eigenvalue weighted by atomic mass is 32.1. The molecule has 0 atom stereocenters. The maximum absolute atomic E-state index is 12.0. The standard InChI is InChI=1S/C13H14N2O4S/c1-8-6-14-11(20-8)3-4-15(2)12(16)10-5-9(7-19-10)13(17)18/h5-7H,3-4H2,1-2H3,(H,17,18). The van der Waals surface area contributed by atoms with Crippen molar-refractivity contribution in [3.63, 3.8) is 0 Å². The molecule has 0 radical (unpaired) electrons. The van der Waals surface area contributed by atoms with Gasteiger partial charge in [-0.15, -0.1) is 11.3 Å². The third kappa shape index (κ3) is 3.24. The van der Waals surface area contributed by atoms with Crippen LogP contribution in [-0.2, 0) is 6.42 Å². The number of aryl methyl sites for hydroxylation is 1. The number of carboxylic acids is 1. The average molecular weight is 294 g/mol. The van der Waals surface area contributed by atoms with Gasteiger partial charge in [0.1, 0.15) is 6.26 Å². The summed E-state index contributed by atoms with van der Waals surface area (Å²) < 4.78 is 4.98. The van der Waals surface area contributed by atoms with E-state index in [2.05, 4.69) is 4.98 Å². The van der Waals surface area contributed by atoms with Crippen molar-refractivity contribution in [1.82, 2.24) is 9.88 Å². The van der Waals surface area contributed by atoms with Gasteiger partial charge in [0.05, 0.1) is 10.6 Å². The lowest BCUT2D eigenvalue weighted by atomic mass is 10.3. The van der Waals surface area contributed by atoms with Gasteiger partial charge in [0.15, 0.2) is 5.76 Å². The summed E-state index contributed by atoms with van der Waals surface area (Å²) in [4.78, 5) is 29.6. The molecule has 0 aromatic carbocycles. The van der Waals surface area contributed by atoms with Crippen molar-refractivity contribution >= 4 is 23.2 Å². The number of thiazole rings is 1. The summed E-state index contributed by atoms with van der Waals surface area (Å²) >= 11 is 1.60. The first-order valence-corrected chi connectivity index (χ1v) is 6.77. The number of aromatic nitrogens is 1. The van der Waals surface area contributed by atoms with E-state index in [1.165, 1.54) is 11.0 Å². The maximum Gasteiger partial charge on any atom is 0.338 e. The number of likely N-dealkylation sites (N-methyl/N-ethyl adjacent to an activating group) is 1. The number of nitrogens with zero attached hydrogens (tertiary/aromatic N) is 2. The summed E-state index contributed by atoms with van der Waals surface area (Å²) in [6.45, 7) is 2.47. The number of aromatic carboxylic acids is 1. The Morgan fingerprint density at radius 3 is 2.80 bits per heavy atom. The molecule has 1 N–H and O–H groups in total. The molecule has 7 heteroatoms. The van der Waals surface area contributed by atoms with Crippen LogP contribution < -0.4 is 0 Å². The minimum absolute atomic E-state index is 0.0280. The molecule has 0 saturated carbocycles. The predicted molar refractivity (Wildman–Crippen MR) is 73.2 cm³/mol. The summed E-state index contributed by atoms with van der Waals surface area (Å²) in [6.07, 6.45) is 3.52. The fourth-order valence-electron chi connectivity index (χ4n) is 1.63. The molecule has 0 unspecified atom stereocenters. The Bertz CT molecular complexity index is 632. The SMILES string of the molecule is Cc1cnc(CCN(C)C(=O)c2cc(C(=O)O)co2)s1. The first-order valence-electron chi connectivity index (χ1n) is 5.96. The second-order valence-corrected chi connectivity index (χ2v) is 5.67. The zero-order chi connectivity index (χ0) is 14.7. The third-order valence-electron chi connectivity index (χ3n) is 2.73. The van der Waals surface area contributed by atoms with Gasteiger partial charge in [-0.2, -0.15) is 0 Å². The second kappa shape index (κ2) is 5.87. The molecule has 2 aromatic heterocycles. The van der Waals surface area contributed by atoms with Gasteiger partial charge in [-0.1, -0.05) is 0 Å². The van der Waals surface area contributed by atoms with Gasteiger partial charge in [-0.3, -0.25) is 4.79 Å². The topological polar surface area (TPSA) is 83.6 Å². The van der Waals surface area contributed by atoms with E-state index in [1.54, 1.807) is 24.6 Å². The Morgan fingerprint density at radius 2 is 2.25 bits per heavy atom. The van der Waals surface area contributed by atoms with Crippen molar-refractivity contribution in [2.24, 2.45) is 0 Å². The van der Waals surface area contributed by atoms with Crippen molar-refractivity contribution < 1.29 is 19.1 Å². The van der Waals surface area contributed by atoms with E-state index in [0.717, 1.165) is 16.1 Å². The van der Waals surface area contributed by atoms with Crippen molar-refractivity contribution in [1.29, 1.82) is 0 Å². The van der Waals surface area contributed by atoms with Crippen LogP contribution in [0.15, 0.2) is 22.9 Å². The molecular weight excluding hydrogens is 280 g/mol. The maximum atomic E-state index is 12.0. The minimum Gasteiger partial charge on any atom is -0.478 e. The Balaban J connectivity index is 1.95. The number of furan rings is 1. The molecule has 1 amide bonds. The van der Waals surface area contributed by atoms with E-state index in [1.807, 2.05) is 6.92 Å². The van der Waals surface area contributed by atoms with E-state index in [9.17, 15) is 9.59 Å². The van der Waals surface area contributed by atoms with E-state index in [-0.39, 0.29) is 17.2 Å². The van der Waals surface area contributed by atoms with Crippen LogP contribution in [-0.4, -0.2) is 40.5 Å². The monoisotopic (exact) mass is 294 g/mol. The largest absolute Gasteiger partial charge is 0.478 e. The molecule has 0 fully saturated rings. The Kier molecular flexibility index (Phi) is 4.19. The Labute approximate surface area is 119 Å². The molecule has 2 rings (SSSR count). The molecule has 0 aliphatic heterocycles. The number of amides is 1. The number of carboxylic acid groups (broad SMARTS) is 1. The summed E-state index contributed by atoms with van der Waals surface area (Å²) in [6, 6.07) is 1.23. The first-order chi connectivity index (χ1) is 9.47. The predicted octanol–water partition coefficient (Wildman–Crippen LogP) is 2.06. The van der Waals surface area contributed by atoms with Crippen LogP contribution in [0.4, 0.5) is 0 Å². The summed E-state index contributed by atoms with van der Waals surface area (Å²) in [5, 5.41) is 9.75. The Morgan fingerprint density at radius 1 is 1.50 bits per heavy atom. The third-order valence-corrected chi connectivity index (χ3v) is 3.71. The average Bonchev–Trinajstić information content (AvgIpc) is 3.03. The van der Waals surface area contributed by atoms with Gasteiger partial charge in [0.2, 0.25) is 0 Å². The van der Waals surface area contributed by atoms with Crippen molar-refractivity contribution in [3.8, 4) is 0 Å². The molecule has 0 saturated heterocycles. The minimum atomic E-state index is -1.12. The zero-order valence-electron chi connectivity index (χ0n) is 11.1. The molecule has 6 nitrogen and oxygen atoms in total. The number of carbonyl (C=O) groups is 2. The van der Waals surface area contributed by atoms with Gasteiger partial charge in [-0.25, -0.2) is 9.78 Å². The number of rotatable bonds is 5. The van der Waals surface area contributed by atoms with Crippen LogP contribution in [0, 0.1) is 6.92 Å². The van der Waals surface area contributed by atoms with Crippen LogP contribution in [0.5, 0.6) is 0 Å². The number of hydrogen-bond donors (Lipinski definition) is 1. The van der Waals surface area contributed by atoms with Crippen LogP contribution in [0.1, 0.15) is 30.8 Å². The van der Waals surface area contributed by atoms with Gasteiger partial charge in [-0.05, 0) is 6.92 Å². The summed E-state index contributed by atoms with van der Waals surface area (Å²) in [5.41, 5.74) is -0.0303. The van der Waals surface area contributed by atoms with E-state index in [0.29, 0.717) is 13.0 Å². The fourth-order valence-corrected chi connectivity index (χ4v) is 2.41. The first kappa shape index (κ1) is 14.3. The van der Waals surface area contributed by atoms with E-state index in [4.69, 9.17) is 9.52 Å². The Hall–Kier alpha value is -2.15. The molecule has 0 aliphatic carbocycles. The normalized spacial score (nSPS) is 10.5. The molecule has 20 heavy (non-hydrogen) atoms. The summed E-state index contributed by atoms with van der Waals surface area (Å²) in [7, 11) is 1.64. The highest BCUT2D eigenvalue weighted by Gasteiger charge is 2.18. The van der Waals surface area contributed by atoms with Crippen molar-refractivity contribution in [2.75, 3.05) is 13.6 Å². The fraction of sp³-hybridized carbons (Fsp3) is 0.308. The molecule has 0 aliphatic rings. The van der Waals surface area contributed by atoms with Crippen LogP contribution in [0.25, 0.3) is 0 Å². The van der Waals surface area contributed by atoms with E-state index < -0.39 is 5.97 Å². The highest BCUT2D eigenvalue weighted by molar-refractivity contribution is 7.11. The molecule has 106 valence electrons. The van der Waals surface area contributed by atoms with Gasteiger partial charge in [0.25, 0.3) is 5.91 Å². The quantitative estimate of drug-likeness (QED) is 0.912. The second-order valence-electron chi connectivity index (χ2n) is 4.35. The number of hydrogen-bond acceptors (Lipinski definition) is 5. The van der Waals surface area contributed by atoms with E-state index >= 15 is 0 Å². The number of carbonyl (C=O) groups excluding carboxylic acids is 1. The molecule has 2 heterocycles. The van der Waals surface area contributed by atoms with Crippen molar-refractivity contribution in [3.05, 3.63) is 39.7 Å². The lowest BCUT2D eigenvalue weighted by molar-refractivity contribution is 0.0695. The van der Waals surface area contributed by atoms with Crippen molar-refractivity contribution in [2.45, 2.75) is 13.3 Å². The smallest absolute Gasteiger partial charge is 0.338 e. The molecule has 0 bridgehead atoms. The van der Waals surface area contributed by atoms with Crippen LogP contribution >= 0.6 is 11.3 Å². The highest BCUT2D eigenvalue weighted by Crippen LogP contribution is 2.13. The lowest BCUT2D eigenvalue weighted by Crippen LogP contribution is -2.28. The van der Waals surface area contributed by atoms with Crippen LogP contribution in [0.3, 0.4) is 0 Å².